The zero-order valence-electron chi connectivity index (χ0n) is 12.1. The van der Waals surface area contributed by atoms with Crippen molar-refractivity contribution in [2.24, 2.45) is 0 Å². The van der Waals surface area contributed by atoms with Gasteiger partial charge in [0.1, 0.15) is 11.6 Å². The number of hydrogen-bond donors (Lipinski definition) is 2. The fourth-order valence-electron chi connectivity index (χ4n) is 1.91. The third-order valence-electron chi connectivity index (χ3n) is 3.00. The third-order valence-corrected chi connectivity index (χ3v) is 3.00. The predicted octanol–water partition coefficient (Wildman–Crippen LogP) is 3.13. The van der Waals surface area contributed by atoms with E-state index in [-0.39, 0.29) is 23.4 Å². The molecule has 0 fully saturated rings. The number of hydrogen-bond acceptors (Lipinski definition) is 2. The molecular formula is C17H14F2N2O2. The van der Waals surface area contributed by atoms with E-state index in [4.69, 9.17) is 0 Å². The molecule has 0 saturated carbocycles. The first-order valence-corrected chi connectivity index (χ1v) is 6.77. The van der Waals surface area contributed by atoms with Crippen LogP contribution in [-0.2, 0) is 0 Å². The maximum absolute atomic E-state index is 13.6. The van der Waals surface area contributed by atoms with Gasteiger partial charge in [-0.25, -0.2) is 8.78 Å². The Bertz CT molecular complexity index is 760. The number of halogens is 2. The summed E-state index contributed by atoms with van der Waals surface area (Å²) in [5.41, 5.74) is 0.140. The van der Waals surface area contributed by atoms with Crippen LogP contribution in [0.15, 0.2) is 55.1 Å². The Kier molecular flexibility index (Phi) is 5.19. The summed E-state index contributed by atoms with van der Waals surface area (Å²) in [6.07, 6.45) is 1.52. The fourth-order valence-corrected chi connectivity index (χ4v) is 1.91. The molecule has 0 unspecified atom stereocenters. The first-order valence-electron chi connectivity index (χ1n) is 6.77. The lowest BCUT2D eigenvalue weighted by Crippen LogP contribution is -2.25. The molecule has 2 aromatic carbocycles. The molecule has 118 valence electrons. The highest BCUT2D eigenvalue weighted by molar-refractivity contribution is 6.09. The number of rotatable bonds is 5. The first kappa shape index (κ1) is 16.4. The Labute approximate surface area is 131 Å². The lowest BCUT2D eigenvalue weighted by molar-refractivity contribution is 0.0959. The number of carbonyl (C=O) groups excluding carboxylic acids is 2. The molecule has 2 N–H and O–H groups in total. The summed E-state index contributed by atoms with van der Waals surface area (Å²) < 4.78 is 26.5. The van der Waals surface area contributed by atoms with Crippen molar-refractivity contribution in [1.82, 2.24) is 5.32 Å². The van der Waals surface area contributed by atoms with Gasteiger partial charge in [0.15, 0.2) is 0 Å². The topological polar surface area (TPSA) is 58.2 Å². The van der Waals surface area contributed by atoms with Crippen LogP contribution in [-0.4, -0.2) is 18.4 Å². The molecule has 2 aromatic rings. The summed E-state index contributed by atoms with van der Waals surface area (Å²) >= 11 is 0. The van der Waals surface area contributed by atoms with Crippen molar-refractivity contribution in [1.29, 1.82) is 0 Å². The number of amides is 2. The quantitative estimate of drug-likeness (QED) is 0.833. The molecule has 2 amide bonds. The standard InChI is InChI=1S/C17H14F2N2O2/c1-2-9-20-16(22)13-5-3-4-6-15(13)21-17(23)12-8-7-11(18)10-14(12)19/h2-8,10H,1,9H2,(H,20,22)(H,21,23). The van der Waals surface area contributed by atoms with Gasteiger partial charge in [-0.3, -0.25) is 9.59 Å². The Morgan fingerprint density at radius 2 is 1.78 bits per heavy atom. The molecule has 0 aromatic heterocycles. The summed E-state index contributed by atoms with van der Waals surface area (Å²) in [5.74, 6) is -2.92. The van der Waals surface area contributed by atoms with Crippen molar-refractivity contribution in [2.45, 2.75) is 0 Å². The summed E-state index contributed by atoms with van der Waals surface area (Å²) in [7, 11) is 0. The van der Waals surface area contributed by atoms with Crippen LogP contribution in [0.1, 0.15) is 20.7 Å². The van der Waals surface area contributed by atoms with Crippen molar-refractivity contribution in [3.63, 3.8) is 0 Å². The summed E-state index contributed by atoms with van der Waals surface area (Å²) in [5, 5.41) is 5.05. The predicted molar refractivity (Wildman–Crippen MR) is 83.3 cm³/mol. The maximum Gasteiger partial charge on any atom is 0.258 e. The van der Waals surface area contributed by atoms with Crippen LogP contribution < -0.4 is 10.6 Å². The van der Waals surface area contributed by atoms with E-state index in [2.05, 4.69) is 17.2 Å². The van der Waals surface area contributed by atoms with Gasteiger partial charge in [0.2, 0.25) is 0 Å². The molecule has 6 heteroatoms. The molecule has 2 rings (SSSR count). The molecule has 0 heterocycles. The Balaban J connectivity index is 2.24. The van der Waals surface area contributed by atoms with Crippen molar-refractivity contribution >= 4 is 17.5 Å². The monoisotopic (exact) mass is 316 g/mol. The molecule has 0 aliphatic rings. The summed E-state index contributed by atoms with van der Waals surface area (Å²) in [4.78, 5) is 24.1. The highest BCUT2D eigenvalue weighted by Gasteiger charge is 2.16. The summed E-state index contributed by atoms with van der Waals surface area (Å²) in [6.45, 7) is 3.77. The molecule has 0 aliphatic heterocycles. The van der Waals surface area contributed by atoms with Gasteiger partial charge in [-0.1, -0.05) is 18.2 Å². The SMILES string of the molecule is C=CCNC(=O)c1ccccc1NC(=O)c1ccc(F)cc1F. The Morgan fingerprint density at radius 1 is 1.04 bits per heavy atom. The first-order chi connectivity index (χ1) is 11.0. The smallest absolute Gasteiger partial charge is 0.258 e. The van der Waals surface area contributed by atoms with Gasteiger partial charge in [0.05, 0.1) is 16.8 Å². The van der Waals surface area contributed by atoms with Gasteiger partial charge in [-0.15, -0.1) is 6.58 Å². The van der Waals surface area contributed by atoms with Gasteiger partial charge in [-0.05, 0) is 24.3 Å². The van der Waals surface area contributed by atoms with Gasteiger partial charge in [-0.2, -0.15) is 0 Å². The Hall–Kier alpha value is -3.02. The van der Waals surface area contributed by atoms with Crippen molar-refractivity contribution < 1.29 is 18.4 Å². The van der Waals surface area contributed by atoms with Crippen LogP contribution in [0.3, 0.4) is 0 Å². The van der Waals surface area contributed by atoms with E-state index in [0.717, 1.165) is 12.1 Å². The van der Waals surface area contributed by atoms with E-state index in [1.54, 1.807) is 12.1 Å². The highest BCUT2D eigenvalue weighted by atomic mass is 19.1. The Morgan fingerprint density at radius 3 is 2.48 bits per heavy atom. The molecule has 0 spiro atoms. The maximum atomic E-state index is 13.6. The van der Waals surface area contributed by atoms with E-state index in [9.17, 15) is 18.4 Å². The molecule has 0 saturated heterocycles. The molecule has 0 aliphatic carbocycles. The largest absolute Gasteiger partial charge is 0.349 e. The van der Waals surface area contributed by atoms with Crippen molar-refractivity contribution in [2.75, 3.05) is 11.9 Å². The average Bonchev–Trinajstić information content (AvgIpc) is 2.53. The molecule has 0 bridgehead atoms. The van der Waals surface area contributed by atoms with E-state index in [1.165, 1.54) is 18.2 Å². The van der Waals surface area contributed by atoms with E-state index in [0.29, 0.717) is 6.07 Å². The van der Waals surface area contributed by atoms with Gasteiger partial charge >= 0.3 is 0 Å². The van der Waals surface area contributed by atoms with Crippen LogP contribution in [0.2, 0.25) is 0 Å². The molecular weight excluding hydrogens is 302 g/mol. The zero-order valence-corrected chi connectivity index (χ0v) is 12.1. The normalized spacial score (nSPS) is 10.0. The number of nitrogens with one attached hydrogen (secondary N) is 2. The molecule has 0 atom stereocenters. The minimum Gasteiger partial charge on any atom is -0.349 e. The minimum atomic E-state index is -0.976. The average molecular weight is 316 g/mol. The van der Waals surface area contributed by atoms with Gasteiger partial charge in [0.25, 0.3) is 11.8 Å². The second-order valence-electron chi connectivity index (χ2n) is 4.62. The van der Waals surface area contributed by atoms with Crippen LogP contribution in [0.4, 0.5) is 14.5 Å². The second-order valence-corrected chi connectivity index (χ2v) is 4.62. The number of benzene rings is 2. The fraction of sp³-hybridized carbons (Fsp3) is 0.0588. The number of carbonyl (C=O) groups is 2. The van der Waals surface area contributed by atoms with Crippen LogP contribution in [0, 0.1) is 11.6 Å². The van der Waals surface area contributed by atoms with Crippen LogP contribution in [0.5, 0.6) is 0 Å². The van der Waals surface area contributed by atoms with E-state index < -0.39 is 23.4 Å². The van der Waals surface area contributed by atoms with Gasteiger partial charge in [0, 0.05) is 12.6 Å². The lowest BCUT2D eigenvalue weighted by atomic mass is 10.1. The van der Waals surface area contributed by atoms with Gasteiger partial charge < -0.3 is 10.6 Å². The number of anilines is 1. The van der Waals surface area contributed by atoms with Crippen molar-refractivity contribution in [3.8, 4) is 0 Å². The van der Waals surface area contributed by atoms with Crippen LogP contribution >= 0.6 is 0 Å². The second kappa shape index (κ2) is 7.31. The zero-order chi connectivity index (χ0) is 16.8. The summed E-state index contributed by atoms with van der Waals surface area (Å²) in [6, 6.07) is 8.95. The molecule has 23 heavy (non-hydrogen) atoms. The minimum absolute atomic E-state index is 0.225. The molecule has 4 nitrogen and oxygen atoms in total. The number of para-hydroxylation sites is 1. The third kappa shape index (κ3) is 4.00. The van der Waals surface area contributed by atoms with E-state index in [1.807, 2.05) is 0 Å². The highest BCUT2D eigenvalue weighted by Crippen LogP contribution is 2.17. The molecule has 0 radical (unpaired) electrons. The lowest BCUT2D eigenvalue weighted by Gasteiger charge is -2.11. The van der Waals surface area contributed by atoms with Crippen molar-refractivity contribution in [3.05, 3.63) is 77.9 Å². The van der Waals surface area contributed by atoms with E-state index >= 15 is 0 Å². The van der Waals surface area contributed by atoms with Crippen LogP contribution in [0.25, 0.3) is 0 Å².